The summed E-state index contributed by atoms with van der Waals surface area (Å²) in [4.78, 5) is 27.4. The monoisotopic (exact) mass is 311 g/mol. The highest BCUT2D eigenvalue weighted by Gasteiger charge is 2.36. The van der Waals surface area contributed by atoms with Gasteiger partial charge in [0.2, 0.25) is 0 Å². The first-order valence-corrected chi connectivity index (χ1v) is 7.83. The lowest BCUT2D eigenvalue weighted by Crippen LogP contribution is -2.53. The fourth-order valence-corrected chi connectivity index (χ4v) is 2.88. The number of carbonyl (C=O) groups excluding carboxylic acids is 2. The van der Waals surface area contributed by atoms with Crippen molar-refractivity contribution in [2.75, 3.05) is 19.8 Å². The lowest BCUT2D eigenvalue weighted by atomic mass is 10.0. The van der Waals surface area contributed by atoms with Crippen LogP contribution in [0.25, 0.3) is 0 Å². The molecule has 0 radical (unpaired) electrons. The van der Waals surface area contributed by atoms with Crippen LogP contribution in [0, 0.1) is 6.92 Å². The molecule has 6 heteroatoms. The molecule has 0 bridgehead atoms. The largest absolute Gasteiger partial charge is 0.444 e. The minimum atomic E-state index is -0.609. The second kappa shape index (κ2) is 6.15. The van der Waals surface area contributed by atoms with Crippen molar-refractivity contribution in [2.45, 2.75) is 39.3 Å². The topological polar surface area (TPSA) is 55.8 Å². The number of morpholine rings is 1. The Morgan fingerprint density at radius 1 is 1.43 bits per heavy atom. The SMILES string of the molecule is Cc1sccc1C(=O)C1COCCN1C(=O)OC(C)(C)C. The van der Waals surface area contributed by atoms with E-state index in [9.17, 15) is 9.59 Å². The number of rotatable bonds is 2. The second-order valence-electron chi connectivity index (χ2n) is 6.02. The number of hydrogen-bond donors (Lipinski definition) is 0. The van der Waals surface area contributed by atoms with E-state index in [2.05, 4.69) is 0 Å². The zero-order valence-corrected chi connectivity index (χ0v) is 13.7. The summed E-state index contributed by atoms with van der Waals surface area (Å²) >= 11 is 1.52. The van der Waals surface area contributed by atoms with E-state index in [1.54, 1.807) is 6.07 Å². The first-order chi connectivity index (χ1) is 9.79. The van der Waals surface area contributed by atoms with Crippen molar-refractivity contribution >= 4 is 23.2 Å². The molecule has 116 valence electrons. The van der Waals surface area contributed by atoms with Crippen molar-refractivity contribution in [2.24, 2.45) is 0 Å². The summed E-state index contributed by atoms with van der Waals surface area (Å²) in [6.45, 7) is 8.34. The molecule has 0 saturated carbocycles. The Morgan fingerprint density at radius 3 is 2.71 bits per heavy atom. The molecule has 21 heavy (non-hydrogen) atoms. The van der Waals surface area contributed by atoms with Crippen molar-refractivity contribution in [1.82, 2.24) is 4.90 Å². The maximum Gasteiger partial charge on any atom is 0.411 e. The van der Waals surface area contributed by atoms with E-state index in [1.807, 2.05) is 33.1 Å². The Balaban J connectivity index is 2.18. The van der Waals surface area contributed by atoms with Crippen LogP contribution >= 0.6 is 11.3 Å². The number of amides is 1. The van der Waals surface area contributed by atoms with E-state index in [1.165, 1.54) is 16.2 Å². The van der Waals surface area contributed by atoms with E-state index < -0.39 is 17.7 Å². The third-order valence-corrected chi connectivity index (χ3v) is 4.03. The molecule has 1 atom stereocenters. The minimum Gasteiger partial charge on any atom is -0.444 e. The number of thiophene rings is 1. The molecule has 1 fully saturated rings. The first kappa shape index (κ1) is 16.0. The molecule has 1 amide bonds. The number of ketones is 1. The number of hydrogen-bond acceptors (Lipinski definition) is 5. The molecule has 1 aromatic heterocycles. The van der Waals surface area contributed by atoms with Gasteiger partial charge in [-0.2, -0.15) is 0 Å². The fourth-order valence-electron chi connectivity index (χ4n) is 2.18. The number of aryl methyl sites for hydroxylation is 1. The first-order valence-electron chi connectivity index (χ1n) is 6.95. The molecule has 1 aliphatic rings. The average molecular weight is 311 g/mol. The van der Waals surface area contributed by atoms with E-state index >= 15 is 0 Å². The van der Waals surface area contributed by atoms with Crippen molar-refractivity contribution in [3.8, 4) is 0 Å². The van der Waals surface area contributed by atoms with Crippen LogP contribution in [0.1, 0.15) is 36.0 Å². The molecule has 0 N–H and O–H groups in total. The summed E-state index contributed by atoms with van der Waals surface area (Å²) in [5.74, 6) is -0.0840. The molecule has 2 rings (SSSR count). The van der Waals surface area contributed by atoms with Crippen molar-refractivity contribution in [3.05, 3.63) is 21.9 Å². The number of ether oxygens (including phenoxy) is 2. The molecule has 1 unspecified atom stereocenters. The maximum atomic E-state index is 12.6. The molecule has 0 aliphatic carbocycles. The smallest absolute Gasteiger partial charge is 0.411 e. The second-order valence-corrected chi connectivity index (χ2v) is 7.14. The Morgan fingerprint density at radius 2 is 2.14 bits per heavy atom. The quantitative estimate of drug-likeness (QED) is 0.788. The van der Waals surface area contributed by atoms with Crippen LogP contribution in [0.4, 0.5) is 4.79 Å². The fraction of sp³-hybridized carbons (Fsp3) is 0.600. The molecule has 1 aliphatic heterocycles. The van der Waals surface area contributed by atoms with Gasteiger partial charge in [-0.05, 0) is 39.1 Å². The standard InChI is InChI=1S/C15H21NO4S/c1-10-11(5-8-21-10)13(17)12-9-19-7-6-16(12)14(18)20-15(2,3)4/h5,8,12H,6-7,9H2,1-4H3. The maximum absolute atomic E-state index is 12.6. The van der Waals surface area contributed by atoms with Crippen LogP contribution in [-0.4, -0.2) is 48.2 Å². The summed E-state index contributed by atoms with van der Waals surface area (Å²) in [5, 5.41) is 1.88. The van der Waals surface area contributed by atoms with Crippen LogP contribution in [0.3, 0.4) is 0 Å². The highest BCUT2D eigenvalue weighted by Crippen LogP contribution is 2.22. The summed E-state index contributed by atoms with van der Waals surface area (Å²) in [6, 6.07) is 1.19. The Hall–Kier alpha value is -1.40. The summed E-state index contributed by atoms with van der Waals surface area (Å²) in [7, 11) is 0. The molecule has 0 aromatic carbocycles. The van der Waals surface area contributed by atoms with Crippen LogP contribution in [-0.2, 0) is 9.47 Å². The van der Waals surface area contributed by atoms with Crippen LogP contribution in [0.2, 0.25) is 0 Å². The summed E-state index contributed by atoms with van der Waals surface area (Å²) in [5.41, 5.74) is 0.0745. The highest BCUT2D eigenvalue weighted by molar-refractivity contribution is 7.10. The van der Waals surface area contributed by atoms with Gasteiger partial charge >= 0.3 is 6.09 Å². The van der Waals surface area contributed by atoms with Gasteiger partial charge in [0.05, 0.1) is 13.2 Å². The molecular formula is C15H21NO4S. The number of nitrogens with zero attached hydrogens (tertiary/aromatic N) is 1. The third kappa shape index (κ3) is 3.83. The van der Waals surface area contributed by atoms with Crippen LogP contribution < -0.4 is 0 Å². The van der Waals surface area contributed by atoms with Gasteiger partial charge in [0, 0.05) is 17.0 Å². The Labute approximate surface area is 128 Å². The number of carbonyl (C=O) groups is 2. The lowest BCUT2D eigenvalue weighted by molar-refractivity contribution is -0.0265. The van der Waals surface area contributed by atoms with Gasteiger partial charge in [-0.1, -0.05) is 0 Å². The minimum absolute atomic E-state index is 0.0840. The van der Waals surface area contributed by atoms with E-state index in [-0.39, 0.29) is 12.4 Å². The Kier molecular flexibility index (Phi) is 4.68. The van der Waals surface area contributed by atoms with Crippen molar-refractivity contribution in [1.29, 1.82) is 0 Å². The zero-order valence-electron chi connectivity index (χ0n) is 12.8. The van der Waals surface area contributed by atoms with Crippen molar-refractivity contribution in [3.63, 3.8) is 0 Å². The van der Waals surface area contributed by atoms with Gasteiger partial charge in [-0.3, -0.25) is 9.69 Å². The van der Waals surface area contributed by atoms with Crippen LogP contribution in [0.15, 0.2) is 11.4 Å². The molecular weight excluding hydrogens is 290 g/mol. The molecule has 1 saturated heterocycles. The van der Waals surface area contributed by atoms with Crippen molar-refractivity contribution < 1.29 is 19.1 Å². The van der Waals surface area contributed by atoms with E-state index in [0.717, 1.165) is 4.88 Å². The predicted molar refractivity (Wildman–Crippen MR) is 80.9 cm³/mol. The zero-order chi connectivity index (χ0) is 15.6. The van der Waals surface area contributed by atoms with E-state index in [0.29, 0.717) is 18.7 Å². The third-order valence-electron chi connectivity index (χ3n) is 3.18. The molecule has 1 aromatic rings. The van der Waals surface area contributed by atoms with Crippen LogP contribution in [0.5, 0.6) is 0 Å². The van der Waals surface area contributed by atoms with Gasteiger partial charge < -0.3 is 9.47 Å². The summed E-state index contributed by atoms with van der Waals surface area (Å²) in [6.07, 6.45) is -0.461. The van der Waals surface area contributed by atoms with Gasteiger partial charge in [0.1, 0.15) is 11.6 Å². The highest BCUT2D eigenvalue weighted by atomic mass is 32.1. The molecule has 0 spiro atoms. The molecule has 2 heterocycles. The van der Waals surface area contributed by atoms with Gasteiger partial charge in [-0.15, -0.1) is 11.3 Å². The lowest BCUT2D eigenvalue weighted by Gasteiger charge is -2.35. The van der Waals surface area contributed by atoms with E-state index in [4.69, 9.17) is 9.47 Å². The number of Topliss-reactive ketones (excluding diaryl/α,β-unsaturated/α-hetero) is 1. The molecule has 5 nitrogen and oxygen atoms in total. The van der Waals surface area contributed by atoms with Gasteiger partial charge in [-0.25, -0.2) is 4.79 Å². The average Bonchev–Trinajstić information content (AvgIpc) is 2.82. The predicted octanol–water partition coefficient (Wildman–Crippen LogP) is 2.88. The van der Waals surface area contributed by atoms with Gasteiger partial charge in [0.25, 0.3) is 0 Å². The Bertz CT molecular complexity index is 532. The normalized spacial score (nSPS) is 19.4. The summed E-state index contributed by atoms with van der Waals surface area (Å²) < 4.78 is 10.8. The van der Waals surface area contributed by atoms with Gasteiger partial charge in [0.15, 0.2) is 5.78 Å².